The number of benzene rings is 2. The van der Waals surface area contributed by atoms with Gasteiger partial charge in [0, 0.05) is 34.7 Å². The van der Waals surface area contributed by atoms with Crippen LogP contribution in [0.25, 0.3) is 0 Å². The summed E-state index contributed by atoms with van der Waals surface area (Å²) in [5.74, 6) is -2.19. The number of carbonyl (C=O) groups is 3. The molecule has 7 nitrogen and oxygen atoms in total. The Bertz CT molecular complexity index is 1130. The zero-order chi connectivity index (χ0) is 24.1. The van der Waals surface area contributed by atoms with Crippen LogP contribution in [0, 0.1) is 5.92 Å². The molecule has 3 N–H and O–H groups in total. The maximum absolute atomic E-state index is 12.9. The van der Waals surface area contributed by atoms with Crippen molar-refractivity contribution in [2.45, 2.75) is 16.3 Å². The zero-order valence-electron chi connectivity index (χ0n) is 16.6. The van der Waals surface area contributed by atoms with Gasteiger partial charge in [-0.1, -0.05) is 34.8 Å². The van der Waals surface area contributed by atoms with Gasteiger partial charge in [-0.25, -0.2) is 4.79 Å². The molecular weight excluding hydrogens is 536 g/mol. The first kappa shape index (κ1) is 24.2. The molecule has 0 radical (unpaired) electrons. The van der Waals surface area contributed by atoms with Crippen LogP contribution in [-0.2, 0) is 4.79 Å². The van der Waals surface area contributed by atoms with Crippen LogP contribution in [0.4, 0.5) is 10.5 Å². The summed E-state index contributed by atoms with van der Waals surface area (Å²) < 4.78 is -1.34. The number of nitrogens with one attached hydrogen (secondary N) is 2. The van der Waals surface area contributed by atoms with E-state index in [0.717, 1.165) is 0 Å². The van der Waals surface area contributed by atoms with Gasteiger partial charge in [0.2, 0.25) is 5.91 Å². The molecule has 12 heteroatoms. The number of carboxylic acid groups (broad SMARTS) is 1. The smallest absolute Gasteiger partial charge is 0.407 e. The Kier molecular flexibility index (Phi) is 6.64. The van der Waals surface area contributed by atoms with Crippen molar-refractivity contribution < 1.29 is 19.5 Å². The maximum Gasteiger partial charge on any atom is 0.407 e. The Morgan fingerprint density at radius 3 is 2.24 bits per heavy atom. The van der Waals surface area contributed by atoms with E-state index in [1.54, 1.807) is 24.3 Å². The van der Waals surface area contributed by atoms with Gasteiger partial charge in [0.15, 0.2) is 0 Å². The molecule has 1 aliphatic heterocycles. The minimum absolute atomic E-state index is 0.139. The summed E-state index contributed by atoms with van der Waals surface area (Å²) in [7, 11) is 0. The molecule has 33 heavy (non-hydrogen) atoms. The van der Waals surface area contributed by atoms with Crippen LogP contribution in [0.5, 0.6) is 0 Å². The average molecular weight is 552 g/mol. The molecule has 2 aromatic rings. The molecule has 2 fully saturated rings. The second-order valence-electron chi connectivity index (χ2n) is 7.87. The number of rotatable bonds is 5. The van der Waals surface area contributed by atoms with E-state index in [-0.39, 0.29) is 29.7 Å². The molecule has 2 aliphatic rings. The molecule has 4 rings (SSSR count). The minimum Gasteiger partial charge on any atom is -0.465 e. The van der Waals surface area contributed by atoms with Crippen LogP contribution in [0.2, 0.25) is 15.1 Å². The number of halogens is 5. The molecule has 3 amide bonds. The molecule has 0 spiro atoms. The molecule has 1 saturated carbocycles. The van der Waals surface area contributed by atoms with Gasteiger partial charge in [-0.05, 0) is 42.0 Å². The maximum atomic E-state index is 12.9. The summed E-state index contributed by atoms with van der Waals surface area (Å²) in [6, 6.07) is 9.02. The van der Waals surface area contributed by atoms with Gasteiger partial charge in [0.05, 0.1) is 22.5 Å². The average Bonchev–Trinajstić information content (AvgIpc) is 3.26. The van der Waals surface area contributed by atoms with Crippen LogP contribution in [-0.4, -0.2) is 51.4 Å². The normalized spacial score (nSPS) is 21.2. The third-order valence-electron chi connectivity index (χ3n) is 5.55. The molecule has 1 saturated heterocycles. The van der Waals surface area contributed by atoms with Gasteiger partial charge in [0.25, 0.3) is 5.91 Å². The summed E-state index contributed by atoms with van der Waals surface area (Å²) in [4.78, 5) is 37.5. The van der Waals surface area contributed by atoms with Crippen LogP contribution >= 0.6 is 58.0 Å². The molecule has 1 heterocycles. The lowest BCUT2D eigenvalue weighted by atomic mass is 10.1. The van der Waals surface area contributed by atoms with Gasteiger partial charge in [-0.15, -0.1) is 23.2 Å². The number of alkyl halides is 2. The van der Waals surface area contributed by atoms with Gasteiger partial charge in [-0.2, -0.15) is 0 Å². The summed E-state index contributed by atoms with van der Waals surface area (Å²) >= 11 is 31.0. The van der Waals surface area contributed by atoms with Crippen molar-refractivity contribution in [3.05, 3.63) is 62.6 Å². The number of hydrogen-bond acceptors (Lipinski definition) is 3. The fourth-order valence-electron chi connectivity index (χ4n) is 3.81. The number of amides is 3. The predicted octanol–water partition coefficient (Wildman–Crippen LogP) is 5.26. The molecule has 1 aliphatic carbocycles. The van der Waals surface area contributed by atoms with Gasteiger partial charge in [-0.3, -0.25) is 9.59 Å². The van der Waals surface area contributed by atoms with E-state index in [1.807, 2.05) is 0 Å². The lowest BCUT2D eigenvalue weighted by Crippen LogP contribution is -2.60. The molecule has 2 atom stereocenters. The van der Waals surface area contributed by atoms with Crippen molar-refractivity contribution in [2.75, 3.05) is 18.4 Å². The third kappa shape index (κ3) is 4.98. The molecule has 2 aromatic carbocycles. The van der Waals surface area contributed by atoms with Crippen molar-refractivity contribution in [3.63, 3.8) is 0 Å². The number of anilines is 1. The van der Waals surface area contributed by atoms with E-state index in [9.17, 15) is 14.4 Å². The van der Waals surface area contributed by atoms with E-state index in [0.29, 0.717) is 21.3 Å². The monoisotopic (exact) mass is 549 g/mol. The third-order valence-corrected chi connectivity index (χ3v) is 7.25. The molecule has 0 aromatic heterocycles. The number of hydrogen-bond donors (Lipinski definition) is 3. The second-order valence-corrected chi connectivity index (χ2v) is 10.6. The first-order valence-corrected chi connectivity index (χ1v) is 11.6. The van der Waals surface area contributed by atoms with Crippen molar-refractivity contribution in [1.29, 1.82) is 0 Å². The topological polar surface area (TPSA) is 98.7 Å². The highest BCUT2D eigenvalue weighted by Gasteiger charge is 2.67. The molecule has 174 valence electrons. The quantitative estimate of drug-likeness (QED) is 0.441. The number of carbonyl (C=O) groups excluding carboxylic acids is 2. The lowest BCUT2D eigenvalue weighted by Gasteiger charge is -2.37. The first-order valence-electron chi connectivity index (χ1n) is 9.70. The summed E-state index contributed by atoms with van der Waals surface area (Å²) in [5.41, 5.74) is 1.11. The summed E-state index contributed by atoms with van der Waals surface area (Å²) in [5, 5.41) is 15.3. The van der Waals surface area contributed by atoms with E-state index in [2.05, 4.69) is 10.6 Å². The molecule has 2 unspecified atom stereocenters. The summed E-state index contributed by atoms with van der Waals surface area (Å²) in [6.45, 7) is 0.387. The molecular formula is C21H16Cl5N3O4. The Morgan fingerprint density at radius 2 is 1.64 bits per heavy atom. The van der Waals surface area contributed by atoms with E-state index in [4.69, 9.17) is 63.1 Å². The van der Waals surface area contributed by atoms with Crippen LogP contribution in [0.3, 0.4) is 0 Å². The van der Waals surface area contributed by atoms with E-state index >= 15 is 0 Å². The lowest BCUT2D eigenvalue weighted by molar-refractivity contribution is -0.117. The van der Waals surface area contributed by atoms with E-state index in [1.165, 1.54) is 17.0 Å². The number of nitrogens with zero attached hydrogens (tertiary/aromatic N) is 1. The number of likely N-dealkylation sites (tertiary alicyclic amines) is 1. The van der Waals surface area contributed by atoms with Gasteiger partial charge >= 0.3 is 6.09 Å². The van der Waals surface area contributed by atoms with Gasteiger partial charge in [0.1, 0.15) is 4.33 Å². The largest absolute Gasteiger partial charge is 0.465 e. The van der Waals surface area contributed by atoms with Crippen LogP contribution < -0.4 is 10.6 Å². The zero-order valence-corrected chi connectivity index (χ0v) is 20.4. The highest BCUT2D eigenvalue weighted by atomic mass is 35.5. The Balaban J connectivity index is 1.44. The Labute approximate surface area is 213 Å². The highest BCUT2D eigenvalue weighted by Crippen LogP contribution is 2.65. The van der Waals surface area contributed by atoms with Crippen LogP contribution in [0.15, 0.2) is 36.4 Å². The van der Waals surface area contributed by atoms with Crippen molar-refractivity contribution in [1.82, 2.24) is 10.2 Å². The van der Waals surface area contributed by atoms with E-state index < -0.39 is 34.1 Å². The van der Waals surface area contributed by atoms with Crippen LogP contribution in [0.1, 0.15) is 21.8 Å². The first-order chi connectivity index (χ1) is 15.5. The minimum atomic E-state index is -1.34. The highest BCUT2D eigenvalue weighted by molar-refractivity contribution is 6.53. The SMILES string of the molecule is O=C(NC1CN(C(=O)O)C1)c1cc(NC(=O)C2C(c3cc(Cl)cc(Cl)c3)C2(Cl)Cl)ccc1Cl. The van der Waals surface area contributed by atoms with Crippen molar-refractivity contribution >= 4 is 81.6 Å². The van der Waals surface area contributed by atoms with Gasteiger partial charge < -0.3 is 20.6 Å². The fraction of sp³-hybridized carbons (Fsp3) is 0.286. The van der Waals surface area contributed by atoms with Crippen molar-refractivity contribution in [3.8, 4) is 0 Å². The Hall–Kier alpha value is -1.90. The standard InChI is InChI=1S/C21H16Cl5N3O4/c22-10-3-9(4-11(23)5-10)16-17(21(16,25)26)19(31)27-12-1-2-15(24)14(6-12)18(30)28-13-7-29(8-13)20(32)33/h1-6,13,16-17H,7-8H2,(H,27,31)(H,28,30)(H,32,33). The Morgan fingerprint density at radius 1 is 1.00 bits per heavy atom. The molecule has 0 bridgehead atoms. The summed E-state index contributed by atoms with van der Waals surface area (Å²) in [6.07, 6.45) is -1.05. The fourth-order valence-corrected chi connectivity index (χ4v) is 5.38. The second kappa shape index (κ2) is 9.04. The predicted molar refractivity (Wildman–Crippen MR) is 128 cm³/mol. The van der Waals surface area contributed by atoms with Crippen molar-refractivity contribution in [2.24, 2.45) is 5.92 Å².